The summed E-state index contributed by atoms with van der Waals surface area (Å²) in [5, 5.41) is 12.6. The number of benzene rings is 1. The number of carboxylic acid groups (broad SMARTS) is 1. The average Bonchev–Trinajstić information content (AvgIpc) is 2.31. The smallest absolute Gasteiger partial charge is 0.323 e. The molecule has 0 radical (unpaired) electrons. The number of rotatable bonds is 6. The van der Waals surface area contributed by atoms with E-state index in [1.807, 2.05) is 38.1 Å². The van der Waals surface area contributed by atoms with Crippen LogP contribution >= 0.6 is 15.9 Å². The van der Waals surface area contributed by atoms with Crippen LogP contribution in [0.25, 0.3) is 0 Å². The van der Waals surface area contributed by atoms with Gasteiger partial charge in [0.1, 0.15) is 5.54 Å². The van der Waals surface area contributed by atoms with Crippen molar-refractivity contribution in [2.75, 3.05) is 0 Å². The second kappa shape index (κ2) is 6.34. The van der Waals surface area contributed by atoms with Gasteiger partial charge >= 0.3 is 5.97 Å². The SMILES string of the molecule is CCC(C)NC(C)(Cc1ccc(Br)cc1)C(=O)O. The molecule has 2 atom stereocenters. The summed E-state index contributed by atoms with van der Waals surface area (Å²) in [7, 11) is 0. The Morgan fingerprint density at radius 2 is 2.00 bits per heavy atom. The van der Waals surface area contributed by atoms with E-state index in [1.165, 1.54) is 0 Å². The highest BCUT2D eigenvalue weighted by molar-refractivity contribution is 9.10. The van der Waals surface area contributed by atoms with Crippen LogP contribution in [-0.2, 0) is 11.2 Å². The van der Waals surface area contributed by atoms with Gasteiger partial charge in [-0.3, -0.25) is 10.1 Å². The summed E-state index contributed by atoms with van der Waals surface area (Å²) >= 11 is 3.37. The third-order valence-electron chi connectivity index (χ3n) is 3.12. The van der Waals surface area contributed by atoms with Gasteiger partial charge in [0.05, 0.1) is 0 Å². The number of carbonyl (C=O) groups is 1. The Bertz CT molecular complexity index is 405. The molecule has 0 aliphatic rings. The second-order valence-corrected chi connectivity index (χ2v) is 5.81. The molecule has 100 valence electrons. The van der Waals surface area contributed by atoms with Crippen LogP contribution in [0.5, 0.6) is 0 Å². The largest absolute Gasteiger partial charge is 0.480 e. The molecule has 1 aromatic rings. The minimum Gasteiger partial charge on any atom is -0.480 e. The molecule has 0 amide bonds. The van der Waals surface area contributed by atoms with Gasteiger partial charge in [-0.25, -0.2) is 0 Å². The Kier molecular flexibility index (Phi) is 5.35. The van der Waals surface area contributed by atoms with Crippen molar-refractivity contribution in [3.63, 3.8) is 0 Å². The van der Waals surface area contributed by atoms with Gasteiger partial charge < -0.3 is 5.11 Å². The lowest BCUT2D eigenvalue weighted by molar-refractivity contribution is -0.144. The number of carboxylic acids is 1. The Labute approximate surface area is 117 Å². The predicted octanol–water partition coefficient (Wildman–Crippen LogP) is 3.22. The Balaban J connectivity index is 2.85. The van der Waals surface area contributed by atoms with Gasteiger partial charge in [-0.1, -0.05) is 35.0 Å². The summed E-state index contributed by atoms with van der Waals surface area (Å²) in [5.74, 6) is -0.814. The molecule has 0 fully saturated rings. The first-order valence-electron chi connectivity index (χ1n) is 6.13. The fourth-order valence-corrected chi connectivity index (χ4v) is 2.11. The first-order chi connectivity index (χ1) is 8.37. The quantitative estimate of drug-likeness (QED) is 0.847. The van der Waals surface area contributed by atoms with E-state index in [4.69, 9.17) is 0 Å². The zero-order chi connectivity index (χ0) is 13.8. The Morgan fingerprint density at radius 3 is 2.44 bits per heavy atom. The van der Waals surface area contributed by atoms with Gasteiger partial charge in [0.15, 0.2) is 0 Å². The summed E-state index contributed by atoms with van der Waals surface area (Å²) in [6, 6.07) is 7.94. The van der Waals surface area contributed by atoms with Gasteiger partial charge in [0, 0.05) is 16.9 Å². The molecule has 2 N–H and O–H groups in total. The van der Waals surface area contributed by atoms with Crippen molar-refractivity contribution in [1.82, 2.24) is 5.32 Å². The van der Waals surface area contributed by atoms with Crippen molar-refractivity contribution in [2.45, 2.75) is 45.2 Å². The van der Waals surface area contributed by atoms with Crippen LogP contribution in [0.3, 0.4) is 0 Å². The maximum atomic E-state index is 11.5. The van der Waals surface area contributed by atoms with Crippen LogP contribution < -0.4 is 5.32 Å². The normalized spacial score (nSPS) is 16.0. The monoisotopic (exact) mass is 313 g/mol. The molecule has 0 saturated carbocycles. The van der Waals surface area contributed by atoms with Crippen molar-refractivity contribution in [3.05, 3.63) is 34.3 Å². The summed E-state index contributed by atoms with van der Waals surface area (Å²) in [6.45, 7) is 5.78. The lowest BCUT2D eigenvalue weighted by Crippen LogP contribution is -2.54. The lowest BCUT2D eigenvalue weighted by atomic mass is 9.91. The summed E-state index contributed by atoms with van der Waals surface area (Å²) in [5.41, 5.74) is 0.0855. The number of halogens is 1. The van der Waals surface area contributed by atoms with E-state index in [-0.39, 0.29) is 6.04 Å². The fraction of sp³-hybridized carbons (Fsp3) is 0.500. The Hall–Kier alpha value is -0.870. The Morgan fingerprint density at radius 1 is 1.44 bits per heavy atom. The molecule has 0 aromatic heterocycles. The molecular weight excluding hydrogens is 294 g/mol. The van der Waals surface area contributed by atoms with Crippen LogP contribution in [0.15, 0.2) is 28.7 Å². The highest BCUT2D eigenvalue weighted by Gasteiger charge is 2.33. The first-order valence-corrected chi connectivity index (χ1v) is 6.92. The maximum absolute atomic E-state index is 11.5. The van der Waals surface area contributed by atoms with Gasteiger partial charge in [-0.2, -0.15) is 0 Å². The first kappa shape index (κ1) is 15.2. The molecule has 0 spiro atoms. The highest BCUT2D eigenvalue weighted by Crippen LogP contribution is 2.18. The second-order valence-electron chi connectivity index (χ2n) is 4.89. The van der Waals surface area contributed by atoms with E-state index in [1.54, 1.807) is 6.92 Å². The lowest BCUT2D eigenvalue weighted by Gasteiger charge is -2.30. The molecule has 0 heterocycles. The molecule has 4 heteroatoms. The van der Waals surface area contributed by atoms with Crippen LogP contribution in [0.1, 0.15) is 32.8 Å². The number of aliphatic carboxylic acids is 1. The van der Waals surface area contributed by atoms with Crippen molar-refractivity contribution in [1.29, 1.82) is 0 Å². The number of hydrogen-bond donors (Lipinski definition) is 2. The van der Waals surface area contributed by atoms with Crippen molar-refractivity contribution in [2.24, 2.45) is 0 Å². The van der Waals surface area contributed by atoms with Crippen molar-refractivity contribution in [3.8, 4) is 0 Å². The molecule has 1 rings (SSSR count). The van der Waals surface area contributed by atoms with E-state index in [0.29, 0.717) is 6.42 Å². The summed E-state index contributed by atoms with van der Waals surface area (Å²) < 4.78 is 0.998. The van der Waals surface area contributed by atoms with Crippen LogP contribution in [0.4, 0.5) is 0 Å². The predicted molar refractivity (Wildman–Crippen MR) is 76.8 cm³/mol. The molecular formula is C14H20BrNO2. The molecule has 2 unspecified atom stereocenters. The van der Waals surface area contributed by atoms with Gasteiger partial charge in [0.2, 0.25) is 0 Å². The van der Waals surface area contributed by atoms with Crippen LogP contribution in [0.2, 0.25) is 0 Å². The molecule has 3 nitrogen and oxygen atoms in total. The minimum absolute atomic E-state index is 0.182. The van der Waals surface area contributed by atoms with E-state index in [9.17, 15) is 9.90 Å². The fourth-order valence-electron chi connectivity index (χ4n) is 1.84. The average molecular weight is 314 g/mol. The zero-order valence-corrected chi connectivity index (χ0v) is 12.6. The highest BCUT2D eigenvalue weighted by atomic mass is 79.9. The molecule has 18 heavy (non-hydrogen) atoms. The van der Waals surface area contributed by atoms with Gasteiger partial charge in [0.25, 0.3) is 0 Å². The van der Waals surface area contributed by atoms with E-state index in [0.717, 1.165) is 16.5 Å². The third-order valence-corrected chi connectivity index (χ3v) is 3.65. The van der Waals surface area contributed by atoms with Crippen molar-refractivity contribution < 1.29 is 9.90 Å². The number of hydrogen-bond acceptors (Lipinski definition) is 2. The van der Waals surface area contributed by atoms with E-state index >= 15 is 0 Å². The van der Waals surface area contributed by atoms with E-state index in [2.05, 4.69) is 21.2 Å². The third kappa shape index (κ3) is 4.10. The molecule has 0 bridgehead atoms. The van der Waals surface area contributed by atoms with Crippen LogP contribution in [-0.4, -0.2) is 22.7 Å². The minimum atomic E-state index is -0.927. The van der Waals surface area contributed by atoms with Crippen LogP contribution in [0, 0.1) is 0 Å². The van der Waals surface area contributed by atoms with Crippen molar-refractivity contribution >= 4 is 21.9 Å². The summed E-state index contributed by atoms with van der Waals surface area (Å²) in [6.07, 6.45) is 1.38. The van der Waals surface area contributed by atoms with Gasteiger partial charge in [-0.15, -0.1) is 0 Å². The topological polar surface area (TPSA) is 49.3 Å². The zero-order valence-electron chi connectivity index (χ0n) is 11.0. The van der Waals surface area contributed by atoms with E-state index < -0.39 is 11.5 Å². The molecule has 0 aliphatic carbocycles. The standard InChI is InChI=1S/C14H20BrNO2/c1-4-10(2)16-14(3,13(17)18)9-11-5-7-12(15)8-6-11/h5-8,10,16H,4,9H2,1-3H3,(H,17,18). The molecule has 0 aliphatic heterocycles. The molecule has 0 saturated heterocycles. The summed E-state index contributed by atoms with van der Waals surface area (Å²) in [4.78, 5) is 11.5. The molecule has 1 aromatic carbocycles. The maximum Gasteiger partial charge on any atom is 0.323 e. The van der Waals surface area contributed by atoms with Gasteiger partial charge in [-0.05, 0) is 38.0 Å². The number of nitrogens with one attached hydrogen (secondary N) is 1.